The van der Waals surface area contributed by atoms with Crippen LogP contribution in [-0.2, 0) is 28.3 Å². The number of rotatable bonds is 8. The Morgan fingerprint density at radius 1 is 0.975 bits per heavy atom. The Morgan fingerprint density at radius 3 is 2.15 bits per heavy atom. The minimum Gasteiger partial charge on any atom is -0.337 e. The van der Waals surface area contributed by atoms with Crippen LogP contribution >= 0.6 is 0 Å². The Bertz CT molecular complexity index is 1260. The molecular formula is C31H47N5O3S. The fourth-order valence-corrected chi connectivity index (χ4v) is 7.50. The van der Waals surface area contributed by atoms with Crippen molar-refractivity contribution in [1.29, 1.82) is 0 Å². The number of likely N-dealkylation sites (tertiary alicyclic amines) is 2. The van der Waals surface area contributed by atoms with Gasteiger partial charge in [-0.15, -0.1) is 0 Å². The second-order valence-corrected chi connectivity index (χ2v) is 14.4. The fourth-order valence-electron chi connectivity index (χ4n) is 6.27. The predicted octanol–water partition coefficient (Wildman–Crippen LogP) is 4.22. The van der Waals surface area contributed by atoms with Crippen LogP contribution in [0.3, 0.4) is 0 Å². The minimum atomic E-state index is -3.17. The molecule has 2 aliphatic heterocycles. The maximum Gasteiger partial charge on any atom is 0.272 e. The molecule has 0 saturated carbocycles. The molecule has 40 heavy (non-hydrogen) atoms. The van der Waals surface area contributed by atoms with Crippen molar-refractivity contribution < 1.29 is 13.2 Å². The molecule has 220 valence electrons. The van der Waals surface area contributed by atoms with Crippen LogP contribution in [0.25, 0.3) is 0 Å². The average Bonchev–Trinajstić information content (AvgIpc) is 2.92. The van der Waals surface area contributed by atoms with Crippen molar-refractivity contribution in [2.24, 2.45) is 0 Å². The monoisotopic (exact) mass is 569 g/mol. The topological polar surface area (TPSA) is 86.7 Å². The molecule has 1 aromatic heterocycles. The van der Waals surface area contributed by atoms with E-state index in [-0.39, 0.29) is 17.4 Å². The van der Waals surface area contributed by atoms with Crippen molar-refractivity contribution in [3.05, 3.63) is 58.7 Å². The third-order valence-corrected chi connectivity index (χ3v) is 10.2. The number of carbonyl (C=O) groups is 1. The van der Waals surface area contributed by atoms with E-state index in [1.807, 2.05) is 18.7 Å². The molecule has 3 heterocycles. The summed E-state index contributed by atoms with van der Waals surface area (Å²) in [5.41, 5.74) is 5.07. The predicted molar refractivity (Wildman–Crippen MR) is 160 cm³/mol. The Labute approximate surface area is 241 Å². The van der Waals surface area contributed by atoms with E-state index in [1.54, 1.807) is 4.31 Å². The van der Waals surface area contributed by atoms with Crippen LogP contribution in [0.5, 0.6) is 0 Å². The van der Waals surface area contributed by atoms with Crippen molar-refractivity contribution in [2.75, 3.05) is 39.0 Å². The van der Waals surface area contributed by atoms with E-state index in [4.69, 9.17) is 0 Å². The zero-order chi connectivity index (χ0) is 29.1. The van der Waals surface area contributed by atoms with Gasteiger partial charge in [0.2, 0.25) is 10.0 Å². The Morgan fingerprint density at radius 2 is 1.60 bits per heavy atom. The van der Waals surface area contributed by atoms with Gasteiger partial charge in [-0.05, 0) is 75.1 Å². The van der Waals surface area contributed by atoms with Gasteiger partial charge in [0.05, 0.1) is 6.26 Å². The molecule has 2 aromatic rings. The molecule has 0 unspecified atom stereocenters. The zero-order valence-electron chi connectivity index (χ0n) is 25.2. The highest BCUT2D eigenvalue weighted by Crippen LogP contribution is 2.26. The van der Waals surface area contributed by atoms with Gasteiger partial charge in [-0.25, -0.2) is 18.4 Å². The van der Waals surface area contributed by atoms with E-state index < -0.39 is 10.0 Å². The first-order valence-corrected chi connectivity index (χ1v) is 16.6. The van der Waals surface area contributed by atoms with Crippen molar-refractivity contribution in [3.63, 3.8) is 0 Å². The van der Waals surface area contributed by atoms with Gasteiger partial charge in [-0.1, -0.05) is 52.0 Å². The highest BCUT2D eigenvalue weighted by molar-refractivity contribution is 7.88. The van der Waals surface area contributed by atoms with Crippen molar-refractivity contribution in [2.45, 2.75) is 90.6 Å². The van der Waals surface area contributed by atoms with E-state index in [0.29, 0.717) is 31.4 Å². The summed E-state index contributed by atoms with van der Waals surface area (Å²) in [7, 11) is -3.17. The standard InChI is InChI=1S/C31H47N5O3S/c1-7-36(40(6,38)39)27-16-18-34(19-17-27)26-14-20-35(21-15-26)30(37)29-23(2)28(32-22-33-29)13-10-24-8-11-25(12-9-24)31(3,4)5/h8-9,11-12,22,26-27H,7,10,13-21H2,1-6H3. The quantitative estimate of drug-likeness (QED) is 0.473. The van der Waals surface area contributed by atoms with Crippen LogP contribution < -0.4 is 0 Å². The fraction of sp³-hybridized carbons (Fsp3) is 0.645. The molecule has 1 amide bonds. The van der Waals surface area contributed by atoms with Crippen LogP contribution in [0.15, 0.2) is 30.6 Å². The second kappa shape index (κ2) is 12.7. The lowest BCUT2D eigenvalue weighted by atomic mass is 9.86. The molecule has 0 N–H and O–H groups in total. The molecule has 8 nitrogen and oxygen atoms in total. The van der Waals surface area contributed by atoms with Crippen LogP contribution in [0.4, 0.5) is 0 Å². The number of aromatic nitrogens is 2. The van der Waals surface area contributed by atoms with E-state index in [2.05, 4.69) is 59.9 Å². The lowest BCUT2D eigenvalue weighted by Gasteiger charge is -2.43. The maximum absolute atomic E-state index is 13.5. The number of nitrogens with zero attached hydrogens (tertiary/aromatic N) is 5. The summed E-state index contributed by atoms with van der Waals surface area (Å²) in [4.78, 5) is 26.8. The second-order valence-electron chi connectivity index (χ2n) is 12.5. The van der Waals surface area contributed by atoms with Gasteiger partial charge >= 0.3 is 0 Å². The van der Waals surface area contributed by atoms with Crippen molar-refractivity contribution >= 4 is 15.9 Å². The summed E-state index contributed by atoms with van der Waals surface area (Å²) < 4.78 is 25.9. The smallest absolute Gasteiger partial charge is 0.272 e. The summed E-state index contributed by atoms with van der Waals surface area (Å²) in [5.74, 6) is -0.000390. The van der Waals surface area contributed by atoms with Crippen LogP contribution in [0, 0.1) is 6.92 Å². The number of aryl methyl sites for hydroxylation is 2. The SMILES string of the molecule is CCN(C1CCN(C2CCN(C(=O)c3ncnc(CCc4ccc(C(C)(C)C)cc4)c3C)CC2)CC1)S(C)(=O)=O. The molecule has 0 atom stereocenters. The minimum absolute atomic E-state index is 0.000390. The molecular weight excluding hydrogens is 522 g/mol. The summed E-state index contributed by atoms with van der Waals surface area (Å²) in [6.45, 7) is 14.3. The van der Waals surface area contributed by atoms with Gasteiger partial charge in [0.1, 0.15) is 12.0 Å². The van der Waals surface area contributed by atoms with Crippen LogP contribution in [-0.4, -0.2) is 89.5 Å². The molecule has 0 bridgehead atoms. The molecule has 4 rings (SSSR count). The molecule has 2 fully saturated rings. The van der Waals surface area contributed by atoms with Gasteiger partial charge in [0.15, 0.2) is 0 Å². The Balaban J connectivity index is 1.30. The number of hydrogen-bond donors (Lipinski definition) is 0. The lowest BCUT2D eigenvalue weighted by Crippen LogP contribution is -2.52. The normalized spacial score (nSPS) is 18.4. The molecule has 0 radical (unpaired) electrons. The van der Waals surface area contributed by atoms with Gasteiger partial charge < -0.3 is 9.80 Å². The Hall–Kier alpha value is -2.36. The van der Waals surface area contributed by atoms with Gasteiger partial charge in [-0.2, -0.15) is 4.31 Å². The number of carbonyl (C=O) groups excluding carboxylic acids is 1. The van der Waals surface area contributed by atoms with Crippen LogP contribution in [0.1, 0.15) is 86.3 Å². The third kappa shape index (κ3) is 7.28. The summed E-state index contributed by atoms with van der Waals surface area (Å²) in [5, 5.41) is 0. The highest BCUT2D eigenvalue weighted by atomic mass is 32.2. The first kappa shape index (κ1) is 30.6. The molecule has 2 saturated heterocycles. The van der Waals surface area contributed by atoms with Crippen molar-refractivity contribution in [3.8, 4) is 0 Å². The van der Waals surface area contributed by atoms with Crippen LogP contribution in [0.2, 0.25) is 0 Å². The molecule has 1 aromatic carbocycles. The average molecular weight is 570 g/mol. The number of hydrogen-bond acceptors (Lipinski definition) is 6. The molecule has 9 heteroatoms. The number of sulfonamides is 1. The van der Waals surface area contributed by atoms with Gasteiger partial charge in [-0.3, -0.25) is 4.79 Å². The Kier molecular flexibility index (Phi) is 9.68. The zero-order valence-corrected chi connectivity index (χ0v) is 26.0. The highest BCUT2D eigenvalue weighted by Gasteiger charge is 2.34. The van der Waals surface area contributed by atoms with Crippen molar-refractivity contribution in [1.82, 2.24) is 24.1 Å². The van der Waals surface area contributed by atoms with Gasteiger partial charge in [0.25, 0.3) is 5.91 Å². The third-order valence-electron chi connectivity index (χ3n) is 8.77. The number of amides is 1. The summed E-state index contributed by atoms with van der Waals surface area (Å²) in [6.07, 6.45) is 8.08. The first-order valence-electron chi connectivity index (χ1n) is 14.8. The molecule has 0 aliphatic carbocycles. The van der Waals surface area contributed by atoms with E-state index in [9.17, 15) is 13.2 Å². The van der Waals surface area contributed by atoms with Gasteiger partial charge in [0, 0.05) is 43.0 Å². The first-order chi connectivity index (χ1) is 18.9. The molecule has 0 spiro atoms. The number of piperidine rings is 2. The van der Waals surface area contributed by atoms with E-state index >= 15 is 0 Å². The molecule has 2 aliphatic rings. The summed E-state index contributed by atoms with van der Waals surface area (Å²) in [6, 6.07) is 9.33. The van der Waals surface area contributed by atoms with E-state index in [0.717, 1.165) is 62.9 Å². The number of benzene rings is 1. The maximum atomic E-state index is 13.5. The summed E-state index contributed by atoms with van der Waals surface area (Å²) >= 11 is 0. The lowest BCUT2D eigenvalue weighted by molar-refractivity contribution is 0.0535. The largest absolute Gasteiger partial charge is 0.337 e. The van der Waals surface area contributed by atoms with E-state index in [1.165, 1.54) is 23.7 Å².